The van der Waals surface area contributed by atoms with Gasteiger partial charge in [-0.2, -0.15) is 0 Å². The quantitative estimate of drug-likeness (QED) is 0.499. The zero-order valence-corrected chi connectivity index (χ0v) is 7.52. The summed E-state index contributed by atoms with van der Waals surface area (Å²) in [5.74, 6) is 1.30. The van der Waals surface area contributed by atoms with E-state index in [9.17, 15) is 8.78 Å². The Kier molecular flexibility index (Phi) is 2.83. The summed E-state index contributed by atoms with van der Waals surface area (Å²) in [4.78, 5) is 0. The maximum atomic E-state index is 12.7. The molecule has 0 saturated heterocycles. The maximum absolute atomic E-state index is 12.7. The van der Waals surface area contributed by atoms with Crippen LogP contribution in [0.1, 0.15) is 5.56 Å². The summed E-state index contributed by atoms with van der Waals surface area (Å²) in [5, 5.41) is 0. The minimum atomic E-state index is -0.617. The third-order valence-corrected chi connectivity index (χ3v) is 1.38. The first-order valence-electron chi connectivity index (χ1n) is 2.80. The Hall–Kier alpha value is -0.630. The van der Waals surface area contributed by atoms with Crippen molar-refractivity contribution in [2.45, 2.75) is 0 Å². The molecule has 56 valence electrons. The van der Waals surface area contributed by atoms with Gasteiger partial charge in [0, 0.05) is 28.7 Å². The molecule has 0 radical (unpaired) electrons. The summed E-state index contributed by atoms with van der Waals surface area (Å²) in [6.07, 6.45) is 0. The van der Waals surface area contributed by atoms with Crippen LogP contribution in [0.15, 0.2) is 18.2 Å². The Balaban J connectivity index is 3.16. The summed E-state index contributed by atoms with van der Waals surface area (Å²) in [7, 11) is 0. The molecule has 1 rings (SSSR count). The van der Waals surface area contributed by atoms with Gasteiger partial charge in [-0.3, -0.25) is 0 Å². The van der Waals surface area contributed by atoms with E-state index in [-0.39, 0.29) is 5.56 Å². The third-order valence-electron chi connectivity index (χ3n) is 1.11. The van der Waals surface area contributed by atoms with Crippen molar-refractivity contribution in [2.24, 2.45) is 0 Å². The van der Waals surface area contributed by atoms with E-state index in [4.69, 9.17) is 0 Å². The van der Waals surface area contributed by atoms with E-state index >= 15 is 0 Å². The van der Waals surface area contributed by atoms with E-state index < -0.39 is 11.6 Å². The zero-order valence-electron chi connectivity index (χ0n) is 5.37. The van der Waals surface area contributed by atoms with Crippen molar-refractivity contribution in [1.29, 1.82) is 0 Å². The van der Waals surface area contributed by atoms with Crippen molar-refractivity contribution in [1.82, 2.24) is 0 Å². The monoisotopic (exact) mass is 264 g/mol. The first-order chi connectivity index (χ1) is 5.24. The molecule has 3 heteroatoms. The van der Waals surface area contributed by atoms with Crippen LogP contribution < -0.4 is 0 Å². The topological polar surface area (TPSA) is 0 Å². The molecule has 0 aliphatic heterocycles. The molecule has 0 N–H and O–H groups in total. The Morgan fingerprint density at radius 2 is 2.00 bits per heavy atom. The van der Waals surface area contributed by atoms with Crippen molar-refractivity contribution in [2.75, 3.05) is 0 Å². The van der Waals surface area contributed by atoms with E-state index in [1.807, 2.05) is 0 Å². The summed E-state index contributed by atoms with van der Waals surface area (Å²) < 4.78 is 27.5. The molecule has 11 heavy (non-hydrogen) atoms. The molecule has 0 aliphatic carbocycles. The lowest BCUT2D eigenvalue weighted by molar-refractivity contribution is 0.581. The van der Waals surface area contributed by atoms with E-state index in [2.05, 4.69) is 9.85 Å². The van der Waals surface area contributed by atoms with Gasteiger partial charge in [0.05, 0.1) is 5.56 Å². The number of hydrogen-bond donors (Lipinski definition) is 0. The van der Waals surface area contributed by atoms with Crippen LogP contribution in [-0.4, -0.2) is 0 Å². The molecule has 0 fully saturated rings. The molecule has 1 aromatic carbocycles. The molecule has 0 spiro atoms. The fraction of sp³-hybridized carbons (Fsp3) is 0. The highest BCUT2D eigenvalue weighted by molar-refractivity contribution is 14.1. The average Bonchev–Trinajstić information content (AvgIpc) is 1.95. The van der Waals surface area contributed by atoms with Gasteiger partial charge >= 0.3 is 0 Å². The molecule has 0 nitrogen and oxygen atoms in total. The lowest BCUT2D eigenvalue weighted by atomic mass is 10.2. The van der Waals surface area contributed by atoms with Crippen LogP contribution in [0, 0.1) is 21.5 Å². The molecule has 0 heterocycles. The van der Waals surface area contributed by atoms with Gasteiger partial charge in [0.25, 0.3) is 0 Å². The molecular formula is C8H3F2I. The second-order valence-electron chi connectivity index (χ2n) is 1.84. The highest BCUT2D eigenvalue weighted by Crippen LogP contribution is 2.07. The lowest BCUT2D eigenvalue weighted by Crippen LogP contribution is -1.84. The van der Waals surface area contributed by atoms with Gasteiger partial charge in [-0.05, 0) is 16.1 Å². The summed E-state index contributed by atoms with van der Waals surface area (Å²) in [6, 6.07) is 3.31. The fourth-order valence-electron chi connectivity index (χ4n) is 0.642. The fourth-order valence-corrected chi connectivity index (χ4v) is 0.932. The van der Waals surface area contributed by atoms with Gasteiger partial charge in [-0.1, -0.05) is 5.92 Å². The Labute approximate surface area is 76.8 Å². The van der Waals surface area contributed by atoms with Gasteiger partial charge in [-0.15, -0.1) is 0 Å². The minimum Gasteiger partial charge on any atom is -0.207 e. The number of benzene rings is 1. The second kappa shape index (κ2) is 3.67. The van der Waals surface area contributed by atoms with E-state index in [1.54, 1.807) is 22.6 Å². The summed E-state index contributed by atoms with van der Waals surface area (Å²) in [5.41, 5.74) is 0.223. The van der Waals surface area contributed by atoms with E-state index in [0.29, 0.717) is 0 Å². The lowest BCUT2D eigenvalue weighted by Gasteiger charge is -1.92. The summed E-state index contributed by atoms with van der Waals surface area (Å²) >= 11 is 1.79. The number of halogens is 3. The van der Waals surface area contributed by atoms with Crippen molar-refractivity contribution in [3.63, 3.8) is 0 Å². The van der Waals surface area contributed by atoms with Crippen LogP contribution in [0.25, 0.3) is 0 Å². The van der Waals surface area contributed by atoms with Gasteiger partial charge < -0.3 is 0 Å². The summed E-state index contributed by atoms with van der Waals surface area (Å²) in [6.45, 7) is 0. The van der Waals surface area contributed by atoms with Crippen LogP contribution in [0.4, 0.5) is 8.78 Å². The molecule has 0 unspecified atom stereocenters. The molecule has 0 bridgehead atoms. The maximum Gasteiger partial charge on any atom is 0.141 e. The zero-order chi connectivity index (χ0) is 8.27. The Bertz CT molecular complexity index is 323. The molecular weight excluding hydrogens is 261 g/mol. The molecule has 0 atom stereocenters. The second-order valence-corrected chi connectivity index (χ2v) is 2.38. The first kappa shape index (κ1) is 8.47. The standard InChI is InChI=1S/C8H3F2I/c9-7-2-1-6(3-4-11)8(10)5-7/h1-2,5H. The van der Waals surface area contributed by atoms with E-state index in [0.717, 1.165) is 6.07 Å². The largest absolute Gasteiger partial charge is 0.207 e. The van der Waals surface area contributed by atoms with Gasteiger partial charge in [-0.25, -0.2) is 8.78 Å². The van der Waals surface area contributed by atoms with Crippen LogP contribution in [0.5, 0.6) is 0 Å². The predicted octanol–water partition coefficient (Wildman–Crippen LogP) is 2.71. The highest BCUT2D eigenvalue weighted by Gasteiger charge is 1.99. The average molecular weight is 264 g/mol. The molecule has 0 saturated carbocycles. The van der Waals surface area contributed by atoms with Crippen molar-refractivity contribution in [3.05, 3.63) is 35.4 Å². The number of hydrogen-bond acceptors (Lipinski definition) is 0. The SMILES string of the molecule is Fc1ccc(C#CI)c(F)c1. The van der Waals surface area contributed by atoms with Crippen LogP contribution in [0.3, 0.4) is 0 Å². The smallest absolute Gasteiger partial charge is 0.141 e. The van der Waals surface area contributed by atoms with Gasteiger partial charge in [0.2, 0.25) is 0 Å². The van der Waals surface area contributed by atoms with E-state index in [1.165, 1.54) is 12.1 Å². The third kappa shape index (κ3) is 2.15. The van der Waals surface area contributed by atoms with Crippen molar-refractivity contribution < 1.29 is 8.78 Å². The normalized spacial score (nSPS) is 8.64. The Morgan fingerprint density at radius 3 is 2.55 bits per heavy atom. The predicted molar refractivity (Wildman–Crippen MR) is 47.3 cm³/mol. The number of rotatable bonds is 0. The van der Waals surface area contributed by atoms with Crippen LogP contribution in [0.2, 0.25) is 0 Å². The van der Waals surface area contributed by atoms with Crippen LogP contribution in [-0.2, 0) is 0 Å². The molecule has 0 aliphatic rings. The minimum absolute atomic E-state index is 0.223. The highest BCUT2D eigenvalue weighted by atomic mass is 127. The van der Waals surface area contributed by atoms with Crippen molar-refractivity contribution in [3.8, 4) is 9.85 Å². The van der Waals surface area contributed by atoms with Gasteiger partial charge in [0.1, 0.15) is 11.6 Å². The van der Waals surface area contributed by atoms with Crippen molar-refractivity contribution >= 4 is 22.6 Å². The first-order valence-corrected chi connectivity index (χ1v) is 3.88. The molecule has 0 amide bonds. The van der Waals surface area contributed by atoms with Gasteiger partial charge in [0.15, 0.2) is 0 Å². The van der Waals surface area contributed by atoms with Crippen LogP contribution >= 0.6 is 22.6 Å². The molecule has 0 aromatic heterocycles. The Morgan fingerprint density at radius 1 is 1.27 bits per heavy atom. The molecule has 1 aromatic rings.